The Morgan fingerprint density at radius 1 is 1.27 bits per heavy atom. The average Bonchev–Trinajstić information content (AvgIpc) is 3.26. The van der Waals surface area contributed by atoms with Gasteiger partial charge in [-0.05, 0) is 63.6 Å². The largest absolute Gasteiger partial charge is 0.494 e. The molecule has 1 aliphatic heterocycles. The van der Waals surface area contributed by atoms with Crippen LogP contribution in [0.4, 0.5) is 17.2 Å². The van der Waals surface area contributed by atoms with Gasteiger partial charge in [-0.2, -0.15) is 10.4 Å². The van der Waals surface area contributed by atoms with Crippen molar-refractivity contribution in [2.75, 3.05) is 30.3 Å². The lowest BCUT2D eigenvalue weighted by Crippen LogP contribution is -2.39. The molecular weight excluding hydrogens is 376 g/mol. The van der Waals surface area contributed by atoms with Crippen molar-refractivity contribution < 1.29 is 4.74 Å². The fraction of sp³-hybridized carbons (Fsp3) is 0.391. The highest BCUT2D eigenvalue weighted by atomic mass is 16.5. The number of pyridine rings is 1. The van der Waals surface area contributed by atoms with Crippen LogP contribution < -0.4 is 20.7 Å². The number of piperidine rings is 1. The third-order valence-corrected chi connectivity index (χ3v) is 5.57. The van der Waals surface area contributed by atoms with Crippen LogP contribution in [-0.2, 0) is 0 Å². The van der Waals surface area contributed by atoms with Crippen LogP contribution in [0.1, 0.15) is 37.3 Å². The van der Waals surface area contributed by atoms with Gasteiger partial charge in [-0.1, -0.05) is 6.42 Å². The SMILES string of the molecule is CCOc1ccc(Nc2c(C)c(NCC3CCCCN3)c(C#N)c3ccnn23)cc1. The van der Waals surface area contributed by atoms with Gasteiger partial charge in [-0.25, -0.2) is 4.52 Å². The molecule has 3 heterocycles. The number of ether oxygens (including phenoxy) is 1. The highest BCUT2D eigenvalue weighted by molar-refractivity contribution is 5.82. The maximum absolute atomic E-state index is 9.88. The molecule has 30 heavy (non-hydrogen) atoms. The minimum absolute atomic E-state index is 0.424. The number of nitrogens with one attached hydrogen (secondary N) is 3. The smallest absolute Gasteiger partial charge is 0.137 e. The normalized spacial score (nSPS) is 16.2. The van der Waals surface area contributed by atoms with Gasteiger partial charge < -0.3 is 20.7 Å². The Balaban J connectivity index is 1.67. The Morgan fingerprint density at radius 3 is 2.80 bits per heavy atom. The van der Waals surface area contributed by atoms with Gasteiger partial charge in [0.1, 0.15) is 23.2 Å². The van der Waals surface area contributed by atoms with Crippen LogP contribution in [-0.4, -0.2) is 35.4 Å². The van der Waals surface area contributed by atoms with Crippen molar-refractivity contribution in [2.45, 2.75) is 39.2 Å². The third-order valence-electron chi connectivity index (χ3n) is 5.57. The molecule has 4 rings (SSSR count). The molecule has 0 spiro atoms. The van der Waals surface area contributed by atoms with Crippen molar-refractivity contribution in [1.29, 1.82) is 5.26 Å². The van der Waals surface area contributed by atoms with Crippen molar-refractivity contribution in [3.8, 4) is 11.8 Å². The van der Waals surface area contributed by atoms with Crippen molar-refractivity contribution in [3.05, 3.63) is 47.7 Å². The molecule has 7 nitrogen and oxygen atoms in total. The summed E-state index contributed by atoms with van der Waals surface area (Å²) in [6.07, 6.45) is 5.36. The zero-order valence-corrected chi connectivity index (χ0v) is 17.5. The molecule has 1 aliphatic rings. The van der Waals surface area contributed by atoms with E-state index in [1.807, 2.05) is 44.2 Å². The molecule has 0 saturated carbocycles. The van der Waals surface area contributed by atoms with Crippen LogP contribution >= 0.6 is 0 Å². The summed E-state index contributed by atoms with van der Waals surface area (Å²) in [7, 11) is 0. The topological polar surface area (TPSA) is 86.4 Å². The minimum Gasteiger partial charge on any atom is -0.494 e. The van der Waals surface area contributed by atoms with Crippen LogP contribution in [0.3, 0.4) is 0 Å². The number of hydrogen-bond acceptors (Lipinski definition) is 6. The highest BCUT2D eigenvalue weighted by Gasteiger charge is 2.20. The lowest BCUT2D eigenvalue weighted by Gasteiger charge is -2.25. The number of fused-ring (bicyclic) bond motifs is 1. The summed E-state index contributed by atoms with van der Waals surface area (Å²) >= 11 is 0. The van der Waals surface area contributed by atoms with E-state index in [-0.39, 0.29) is 0 Å². The molecular formula is C23H28N6O. The van der Waals surface area contributed by atoms with E-state index in [1.165, 1.54) is 12.8 Å². The standard InChI is InChI=1S/C23H28N6O/c1-3-30-19-9-7-17(8-10-19)28-23-16(2)22(26-15-18-6-4-5-12-25-18)20(14-24)21-11-13-27-29(21)23/h7-11,13,18,25-26,28H,3-6,12,15H2,1-2H3. The van der Waals surface area contributed by atoms with E-state index in [1.54, 1.807) is 10.7 Å². The van der Waals surface area contributed by atoms with Crippen molar-refractivity contribution >= 4 is 22.7 Å². The molecule has 7 heteroatoms. The number of nitriles is 1. The Morgan fingerprint density at radius 2 is 2.10 bits per heavy atom. The maximum atomic E-state index is 9.88. The van der Waals surface area contributed by atoms with Crippen molar-refractivity contribution in [1.82, 2.24) is 14.9 Å². The molecule has 1 aromatic carbocycles. The summed E-state index contributed by atoms with van der Waals surface area (Å²) in [5.41, 5.74) is 4.18. The van der Waals surface area contributed by atoms with Gasteiger partial charge in [0.2, 0.25) is 0 Å². The zero-order valence-electron chi connectivity index (χ0n) is 17.5. The molecule has 0 radical (unpaired) electrons. The first-order valence-corrected chi connectivity index (χ1v) is 10.6. The summed E-state index contributed by atoms with van der Waals surface area (Å²) in [6, 6.07) is 12.5. The first-order valence-electron chi connectivity index (χ1n) is 10.6. The molecule has 0 bridgehead atoms. The van der Waals surface area contributed by atoms with Gasteiger partial charge in [-0.3, -0.25) is 0 Å². The molecule has 0 aliphatic carbocycles. The molecule has 0 amide bonds. The summed E-state index contributed by atoms with van der Waals surface area (Å²) in [5.74, 6) is 1.68. The van der Waals surface area contributed by atoms with Crippen LogP contribution in [0, 0.1) is 18.3 Å². The van der Waals surface area contributed by atoms with E-state index < -0.39 is 0 Å². The molecule has 156 valence electrons. The molecule has 1 saturated heterocycles. The quantitative estimate of drug-likeness (QED) is 0.547. The molecule has 1 atom stereocenters. The number of hydrogen-bond donors (Lipinski definition) is 3. The summed E-state index contributed by atoms with van der Waals surface area (Å²) < 4.78 is 7.33. The van der Waals surface area contributed by atoms with E-state index >= 15 is 0 Å². The fourth-order valence-electron chi connectivity index (χ4n) is 4.01. The molecule has 2 aromatic heterocycles. The van der Waals surface area contributed by atoms with Crippen molar-refractivity contribution in [2.24, 2.45) is 0 Å². The Hall–Kier alpha value is -3.24. The Labute approximate surface area is 177 Å². The van der Waals surface area contributed by atoms with E-state index in [4.69, 9.17) is 4.74 Å². The maximum Gasteiger partial charge on any atom is 0.137 e. The minimum atomic E-state index is 0.424. The summed E-state index contributed by atoms with van der Waals surface area (Å²) in [5, 5.41) is 24.9. The zero-order chi connectivity index (χ0) is 20.9. The van der Waals surface area contributed by atoms with Gasteiger partial charge in [0.05, 0.1) is 24.0 Å². The van der Waals surface area contributed by atoms with Crippen LogP contribution in [0.15, 0.2) is 36.5 Å². The fourth-order valence-corrected chi connectivity index (χ4v) is 4.01. The van der Waals surface area contributed by atoms with E-state index in [9.17, 15) is 5.26 Å². The van der Waals surface area contributed by atoms with Gasteiger partial charge >= 0.3 is 0 Å². The third kappa shape index (κ3) is 4.05. The lowest BCUT2D eigenvalue weighted by molar-refractivity contribution is 0.340. The van der Waals surface area contributed by atoms with E-state index in [2.05, 4.69) is 27.1 Å². The monoisotopic (exact) mass is 404 g/mol. The number of benzene rings is 1. The number of anilines is 3. The van der Waals surface area contributed by atoms with Crippen LogP contribution in [0.5, 0.6) is 5.75 Å². The lowest BCUT2D eigenvalue weighted by atomic mass is 10.0. The molecule has 1 fully saturated rings. The number of aromatic nitrogens is 2. The van der Waals surface area contributed by atoms with Gasteiger partial charge in [-0.15, -0.1) is 0 Å². The second-order valence-electron chi connectivity index (χ2n) is 7.57. The number of rotatable bonds is 7. The van der Waals surface area contributed by atoms with Crippen LogP contribution in [0.25, 0.3) is 5.52 Å². The summed E-state index contributed by atoms with van der Waals surface area (Å²) in [6.45, 7) is 6.48. The Kier molecular flexibility index (Phi) is 6.05. The van der Waals surface area contributed by atoms with Gasteiger partial charge in [0, 0.05) is 23.8 Å². The van der Waals surface area contributed by atoms with Crippen molar-refractivity contribution in [3.63, 3.8) is 0 Å². The Bertz CT molecular complexity index is 1040. The predicted octanol–water partition coefficient (Wildman–Crippen LogP) is 4.21. The van der Waals surface area contributed by atoms with Gasteiger partial charge in [0.25, 0.3) is 0 Å². The first-order chi connectivity index (χ1) is 14.7. The predicted molar refractivity (Wildman–Crippen MR) is 120 cm³/mol. The number of nitrogens with zero attached hydrogens (tertiary/aromatic N) is 3. The second kappa shape index (κ2) is 9.06. The van der Waals surface area contributed by atoms with E-state index in [0.29, 0.717) is 18.2 Å². The second-order valence-corrected chi connectivity index (χ2v) is 7.57. The van der Waals surface area contributed by atoms with Gasteiger partial charge in [0.15, 0.2) is 0 Å². The molecule has 3 N–H and O–H groups in total. The first kappa shape index (κ1) is 20.0. The summed E-state index contributed by atoms with van der Waals surface area (Å²) in [4.78, 5) is 0. The molecule has 1 unspecified atom stereocenters. The highest BCUT2D eigenvalue weighted by Crippen LogP contribution is 2.33. The average molecular weight is 405 g/mol. The van der Waals surface area contributed by atoms with E-state index in [0.717, 1.165) is 53.5 Å². The molecule has 3 aromatic rings. The van der Waals surface area contributed by atoms with Crippen LogP contribution in [0.2, 0.25) is 0 Å².